The third-order valence-electron chi connectivity index (χ3n) is 4.06. The standard InChI is InChI=1S/C21H14Cl2N2O4/c22-12-5-8-18(15(23)9-12)28-11-20(27)24-13-6-7-14(17(26)10-13)21-25-16-3-1-2-4-19(16)29-21/h1-10,26H,11H2,(H,24,27). The van der Waals surface area contributed by atoms with Crippen molar-refractivity contribution in [1.82, 2.24) is 4.98 Å². The highest BCUT2D eigenvalue weighted by molar-refractivity contribution is 6.35. The number of anilines is 1. The molecule has 0 saturated heterocycles. The first-order chi connectivity index (χ1) is 14.0. The molecule has 0 aliphatic heterocycles. The van der Waals surface area contributed by atoms with Crippen molar-refractivity contribution in [2.24, 2.45) is 0 Å². The first kappa shape index (κ1) is 19.1. The molecule has 8 heteroatoms. The highest BCUT2D eigenvalue weighted by atomic mass is 35.5. The van der Waals surface area contributed by atoms with Gasteiger partial charge < -0.3 is 19.6 Å². The number of carbonyl (C=O) groups is 1. The maximum atomic E-state index is 12.1. The van der Waals surface area contributed by atoms with Gasteiger partial charge in [-0.05, 0) is 42.5 Å². The third kappa shape index (κ3) is 4.29. The average Bonchev–Trinajstić information content (AvgIpc) is 3.11. The molecule has 2 N–H and O–H groups in total. The molecule has 0 spiro atoms. The average molecular weight is 429 g/mol. The molecule has 0 aliphatic carbocycles. The minimum Gasteiger partial charge on any atom is -0.507 e. The van der Waals surface area contributed by atoms with E-state index in [1.807, 2.05) is 18.2 Å². The van der Waals surface area contributed by atoms with Crippen LogP contribution in [-0.4, -0.2) is 22.6 Å². The van der Waals surface area contributed by atoms with Crippen LogP contribution in [0.3, 0.4) is 0 Å². The Balaban J connectivity index is 1.44. The zero-order valence-corrected chi connectivity index (χ0v) is 16.4. The maximum absolute atomic E-state index is 12.1. The lowest BCUT2D eigenvalue weighted by Gasteiger charge is -2.10. The number of rotatable bonds is 5. The predicted octanol–water partition coefficient (Wildman–Crippen LogP) is 5.52. The number of para-hydroxylation sites is 2. The quantitative estimate of drug-likeness (QED) is 0.436. The Morgan fingerprint density at radius 3 is 2.69 bits per heavy atom. The van der Waals surface area contributed by atoms with Crippen molar-refractivity contribution < 1.29 is 19.1 Å². The molecule has 0 fully saturated rings. The number of fused-ring (bicyclic) bond motifs is 1. The Morgan fingerprint density at radius 1 is 1.10 bits per heavy atom. The van der Waals surface area contributed by atoms with Crippen LogP contribution in [0, 0.1) is 0 Å². The van der Waals surface area contributed by atoms with Crippen LogP contribution in [0.1, 0.15) is 0 Å². The lowest BCUT2D eigenvalue weighted by Crippen LogP contribution is -2.20. The number of phenolic OH excluding ortho intramolecular Hbond substituents is 1. The number of nitrogens with one attached hydrogen (secondary N) is 1. The van der Waals surface area contributed by atoms with Gasteiger partial charge in [0.05, 0.1) is 10.6 Å². The molecular weight excluding hydrogens is 415 g/mol. The number of phenols is 1. The van der Waals surface area contributed by atoms with Crippen molar-refractivity contribution >= 4 is 45.9 Å². The number of nitrogens with zero attached hydrogens (tertiary/aromatic N) is 1. The maximum Gasteiger partial charge on any atom is 0.262 e. The van der Waals surface area contributed by atoms with E-state index >= 15 is 0 Å². The SMILES string of the molecule is O=C(COc1ccc(Cl)cc1Cl)Nc1ccc(-c2nc3ccccc3o2)c(O)c1. The van der Waals surface area contributed by atoms with Crippen LogP contribution in [0.25, 0.3) is 22.6 Å². The van der Waals surface area contributed by atoms with Crippen LogP contribution in [0.15, 0.2) is 65.1 Å². The lowest BCUT2D eigenvalue weighted by molar-refractivity contribution is -0.118. The number of amides is 1. The van der Waals surface area contributed by atoms with E-state index in [4.69, 9.17) is 32.4 Å². The molecule has 1 aromatic heterocycles. The Bertz CT molecular complexity index is 1170. The van der Waals surface area contributed by atoms with E-state index in [2.05, 4.69) is 10.3 Å². The number of ether oxygens (including phenoxy) is 1. The molecule has 4 aromatic rings. The molecule has 1 amide bonds. The van der Waals surface area contributed by atoms with E-state index < -0.39 is 5.91 Å². The molecule has 1 heterocycles. The highest BCUT2D eigenvalue weighted by Gasteiger charge is 2.14. The Hall–Kier alpha value is -3.22. The summed E-state index contributed by atoms with van der Waals surface area (Å²) in [5, 5.41) is 13.8. The van der Waals surface area contributed by atoms with E-state index in [1.165, 1.54) is 12.1 Å². The summed E-state index contributed by atoms with van der Waals surface area (Å²) >= 11 is 11.8. The summed E-state index contributed by atoms with van der Waals surface area (Å²) in [7, 11) is 0. The van der Waals surface area contributed by atoms with Crippen LogP contribution in [0.5, 0.6) is 11.5 Å². The molecule has 6 nitrogen and oxygen atoms in total. The first-order valence-electron chi connectivity index (χ1n) is 8.56. The van der Waals surface area contributed by atoms with Crippen LogP contribution >= 0.6 is 23.2 Å². The van der Waals surface area contributed by atoms with E-state index in [0.717, 1.165) is 0 Å². The fourth-order valence-corrected chi connectivity index (χ4v) is 3.17. The minimum absolute atomic E-state index is 0.0731. The second-order valence-corrected chi connectivity index (χ2v) is 6.97. The zero-order chi connectivity index (χ0) is 20.4. The molecule has 29 heavy (non-hydrogen) atoms. The Morgan fingerprint density at radius 2 is 1.93 bits per heavy atom. The lowest BCUT2D eigenvalue weighted by atomic mass is 10.2. The Kier molecular flexibility index (Phi) is 5.29. The summed E-state index contributed by atoms with van der Waals surface area (Å²) in [6, 6.07) is 16.7. The summed E-state index contributed by atoms with van der Waals surface area (Å²) < 4.78 is 11.1. The predicted molar refractivity (Wildman–Crippen MR) is 112 cm³/mol. The van der Waals surface area contributed by atoms with Crippen molar-refractivity contribution in [3.63, 3.8) is 0 Å². The number of aromatic nitrogens is 1. The van der Waals surface area contributed by atoms with Gasteiger partial charge in [0.15, 0.2) is 12.2 Å². The number of oxazole rings is 1. The molecule has 3 aromatic carbocycles. The largest absolute Gasteiger partial charge is 0.507 e. The van der Waals surface area contributed by atoms with Crippen molar-refractivity contribution in [2.45, 2.75) is 0 Å². The van der Waals surface area contributed by atoms with Gasteiger partial charge in [-0.25, -0.2) is 4.98 Å². The summed E-state index contributed by atoms with van der Waals surface area (Å²) in [6.45, 7) is -0.255. The molecule has 4 rings (SSSR count). The van der Waals surface area contributed by atoms with Crippen LogP contribution in [-0.2, 0) is 4.79 Å². The second-order valence-electron chi connectivity index (χ2n) is 6.13. The van der Waals surface area contributed by atoms with Crippen LogP contribution < -0.4 is 10.1 Å². The summed E-state index contributed by atoms with van der Waals surface area (Å²) in [4.78, 5) is 16.5. The van der Waals surface area contributed by atoms with Crippen molar-refractivity contribution in [2.75, 3.05) is 11.9 Å². The van der Waals surface area contributed by atoms with Gasteiger partial charge in [-0.2, -0.15) is 0 Å². The van der Waals surface area contributed by atoms with Gasteiger partial charge in [-0.15, -0.1) is 0 Å². The highest BCUT2D eigenvalue weighted by Crippen LogP contribution is 2.33. The van der Waals surface area contributed by atoms with Crippen LogP contribution in [0.4, 0.5) is 5.69 Å². The number of aromatic hydroxyl groups is 1. The van der Waals surface area contributed by atoms with Gasteiger partial charge >= 0.3 is 0 Å². The van der Waals surface area contributed by atoms with Gasteiger partial charge in [0.25, 0.3) is 5.91 Å². The number of carbonyl (C=O) groups excluding carboxylic acids is 1. The van der Waals surface area contributed by atoms with E-state index in [0.29, 0.717) is 44.0 Å². The number of benzene rings is 3. The number of halogens is 2. The molecule has 0 atom stereocenters. The van der Waals surface area contributed by atoms with E-state index in [9.17, 15) is 9.90 Å². The van der Waals surface area contributed by atoms with Crippen molar-refractivity contribution in [3.05, 3.63) is 70.7 Å². The van der Waals surface area contributed by atoms with E-state index in [1.54, 1.807) is 30.3 Å². The topological polar surface area (TPSA) is 84.6 Å². The van der Waals surface area contributed by atoms with Gasteiger partial charge in [-0.3, -0.25) is 4.79 Å². The smallest absolute Gasteiger partial charge is 0.262 e. The first-order valence-corrected chi connectivity index (χ1v) is 9.32. The van der Waals surface area contributed by atoms with Crippen molar-refractivity contribution in [1.29, 1.82) is 0 Å². The minimum atomic E-state index is -0.412. The molecule has 0 saturated carbocycles. The van der Waals surface area contributed by atoms with Crippen molar-refractivity contribution in [3.8, 4) is 23.0 Å². The van der Waals surface area contributed by atoms with Gasteiger partial charge in [0.2, 0.25) is 5.89 Å². The van der Waals surface area contributed by atoms with Gasteiger partial charge in [0.1, 0.15) is 17.0 Å². The van der Waals surface area contributed by atoms with Gasteiger partial charge in [-0.1, -0.05) is 35.3 Å². The number of hydrogen-bond acceptors (Lipinski definition) is 5. The third-order valence-corrected chi connectivity index (χ3v) is 4.59. The second kappa shape index (κ2) is 8.03. The molecule has 0 bridgehead atoms. The molecule has 146 valence electrons. The normalized spacial score (nSPS) is 10.8. The monoisotopic (exact) mass is 428 g/mol. The molecule has 0 unspecified atom stereocenters. The number of hydrogen-bond donors (Lipinski definition) is 2. The summed E-state index contributed by atoms with van der Waals surface area (Å²) in [5.41, 5.74) is 2.14. The van der Waals surface area contributed by atoms with Gasteiger partial charge in [0, 0.05) is 16.8 Å². The zero-order valence-electron chi connectivity index (χ0n) is 14.9. The molecular formula is C21H14Cl2N2O4. The Labute approximate surface area is 175 Å². The fourth-order valence-electron chi connectivity index (χ4n) is 2.71. The fraction of sp³-hybridized carbons (Fsp3) is 0.0476. The van der Waals surface area contributed by atoms with E-state index in [-0.39, 0.29) is 12.4 Å². The van der Waals surface area contributed by atoms with Crippen LogP contribution in [0.2, 0.25) is 10.0 Å². The molecule has 0 radical (unpaired) electrons. The summed E-state index contributed by atoms with van der Waals surface area (Å²) in [6.07, 6.45) is 0. The summed E-state index contributed by atoms with van der Waals surface area (Å²) in [5.74, 6) is 0.156. The molecule has 0 aliphatic rings.